The van der Waals surface area contributed by atoms with Crippen LogP contribution in [-0.4, -0.2) is 41.3 Å². The van der Waals surface area contributed by atoms with Crippen molar-refractivity contribution >= 4 is 47.4 Å². The lowest BCUT2D eigenvalue weighted by atomic mass is 10.2. The molecule has 1 aromatic carbocycles. The Labute approximate surface area is 175 Å². The minimum Gasteiger partial charge on any atom is -0.357 e. The average molecular weight is 491 g/mol. The fourth-order valence-electron chi connectivity index (χ4n) is 2.12. The van der Waals surface area contributed by atoms with E-state index in [1.807, 2.05) is 20.0 Å². The van der Waals surface area contributed by atoms with Gasteiger partial charge in [-0.15, -0.1) is 24.0 Å². The van der Waals surface area contributed by atoms with Crippen LogP contribution in [0, 0.1) is 0 Å². The third-order valence-corrected chi connectivity index (χ3v) is 3.73. The molecule has 0 aliphatic heterocycles. The molecule has 0 radical (unpaired) electrons. The van der Waals surface area contributed by atoms with Crippen LogP contribution in [0.25, 0.3) is 0 Å². The van der Waals surface area contributed by atoms with Crippen LogP contribution in [0.5, 0.6) is 0 Å². The van der Waals surface area contributed by atoms with E-state index in [2.05, 4.69) is 26.0 Å². The number of guanidine groups is 1. The van der Waals surface area contributed by atoms with E-state index in [0.29, 0.717) is 36.2 Å². The van der Waals surface area contributed by atoms with Gasteiger partial charge in [0.2, 0.25) is 0 Å². The number of aryl methyl sites for hydroxylation is 1. The van der Waals surface area contributed by atoms with E-state index in [0.717, 1.165) is 12.2 Å². The van der Waals surface area contributed by atoms with Crippen molar-refractivity contribution in [2.45, 2.75) is 13.5 Å². The molecule has 1 amide bonds. The number of aromatic nitrogens is 2. The average Bonchev–Trinajstić information content (AvgIpc) is 3.02. The first kappa shape index (κ1) is 22.2. The standard InChI is InChI=1S/C17H23ClN6O.HI/c1-3-19-17(22-12-15-8-9-23-24(15)2)21-11-10-20-16(25)13-4-6-14(18)7-5-13;/h4-9H,3,10-12H2,1-2H3,(H,20,25)(H2,19,21,22);1H. The second-order valence-electron chi connectivity index (χ2n) is 5.33. The Hall–Kier alpha value is -1.81. The van der Waals surface area contributed by atoms with Gasteiger partial charge in [-0.2, -0.15) is 5.10 Å². The third kappa shape index (κ3) is 7.20. The van der Waals surface area contributed by atoms with Crippen molar-refractivity contribution in [2.75, 3.05) is 19.6 Å². The highest BCUT2D eigenvalue weighted by molar-refractivity contribution is 14.0. The van der Waals surface area contributed by atoms with Crippen molar-refractivity contribution in [2.24, 2.45) is 12.0 Å². The summed E-state index contributed by atoms with van der Waals surface area (Å²) in [6.45, 7) is 4.34. The second-order valence-corrected chi connectivity index (χ2v) is 5.77. The molecular weight excluding hydrogens is 467 g/mol. The van der Waals surface area contributed by atoms with Gasteiger partial charge < -0.3 is 16.0 Å². The SMILES string of the molecule is CCNC(=NCc1ccnn1C)NCCNC(=O)c1ccc(Cl)cc1.I. The summed E-state index contributed by atoms with van der Waals surface area (Å²) >= 11 is 5.82. The number of hydrogen-bond acceptors (Lipinski definition) is 3. The summed E-state index contributed by atoms with van der Waals surface area (Å²) in [5.41, 5.74) is 1.61. The van der Waals surface area contributed by atoms with Gasteiger partial charge >= 0.3 is 0 Å². The zero-order valence-corrected chi connectivity index (χ0v) is 17.9. The van der Waals surface area contributed by atoms with Crippen molar-refractivity contribution < 1.29 is 4.79 Å². The highest BCUT2D eigenvalue weighted by Crippen LogP contribution is 2.09. The number of benzene rings is 1. The number of hydrogen-bond donors (Lipinski definition) is 3. The van der Waals surface area contributed by atoms with Crippen LogP contribution in [0.1, 0.15) is 23.0 Å². The molecular formula is C17H24ClIN6O. The molecule has 142 valence electrons. The molecule has 1 heterocycles. The van der Waals surface area contributed by atoms with E-state index in [4.69, 9.17) is 11.6 Å². The first-order chi connectivity index (χ1) is 12.1. The molecule has 0 atom stereocenters. The van der Waals surface area contributed by atoms with Gasteiger partial charge in [0.1, 0.15) is 0 Å². The minimum absolute atomic E-state index is 0. The summed E-state index contributed by atoms with van der Waals surface area (Å²) in [7, 11) is 1.89. The molecule has 2 rings (SSSR count). The number of nitrogens with zero attached hydrogens (tertiary/aromatic N) is 3. The van der Waals surface area contributed by atoms with Crippen LogP contribution in [0.15, 0.2) is 41.5 Å². The Morgan fingerprint density at radius 1 is 1.15 bits per heavy atom. The molecule has 0 fully saturated rings. The van der Waals surface area contributed by atoms with Gasteiger partial charge in [0, 0.05) is 43.5 Å². The van der Waals surface area contributed by atoms with Crippen LogP contribution >= 0.6 is 35.6 Å². The number of halogens is 2. The number of aliphatic imine (C=N–C) groups is 1. The molecule has 9 heteroatoms. The van der Waals surface area contributed by atoms with Gasteiger partial charge in [0.25, 0.3) is 5.91 Å². The Balaban J connectivity index is 0.00000338. The van der Waals surface area contributed by atoms with Gasteiger partial charge in [-0.25, -0.2) is 4.99 Å². The molecule has 26 heavy (non-hydrogen) atoms. The summed E-state index contributed by atoms with van der Waals surface area (Å²) in [4.78, 5) is 16.5. The molecule has 2 aromatic rings. The first-order valence-corrected chi connectivity index (χ1v) is 8.50. The molecule has 0 aliphatic rings. The summed E-state index contributed by atoms with van der Waals surface area (Å²) < 4.78 is 1.79. The van der Waals surface area contributed by atoms with E-state index >= 15 is 0 Å². The van der Waals surface area contributed by atoms with E-state index in [9.17, 15) is 4.79 Å². The van der Waals surface area contributed by atoms with Crippen LogP contribution in [0.2, 0.25) is 5.02 Å². The van der Waals surface area contributed by atoms with Gasteiger partial charge in [-0.05, 0) is 37.3 Å². The Bertz CT molecular complexity index is 716. The van der Waals surface area contributed by atoms with Crippen molar-refractivity contribution in [3.8, 4) is 0 Å². The smallest absolute Gasteiger partial charge is 0.251 e. The lowest BCUT2D eigenvalue weighted by molar-refractivity contribution is 0.0954. The Morgan fingerprint density at radius 2 is 1.85 bits per heavy atom. The molecule has 7 nitrogen and oxygen atoms in total. The molecule has 1 aromatic heterocycles. The predicted molar refractivity (Wildman–Crippen MR) is 115 cm³/mol. The van der Waals surface area contributed by atoms with Gasteiger partial charge in [-0.3, -0.25) is 9.48 Å². The molecule has 3 N–H and O–H groups in total. The maximum atomic E-state index is 12.0. The fraction of sp³-hybridized carbons (Fsp3) is 0.353. The molecule has 0 bridgehead atoms. The summed E-state index contributed by atoms with van der Waals surface area (Å²) in [6, 6.07) is 8.72. The van der Waals surface area contributed by atoms with Gasteiger partial charge in [0.05, 0.1) is 12.2 Å². The number of amides is 1. The van der Waals surface area contributed by atoms with E-state index in [1.54, 1.807) is 35.1 Å². The van der Waals surface area contributed by atoms with Crippen LogP contribution in [0.3, 0.4) is 0 Å². The molecule has 0 aliphatic carbocycles. The number of rotatable bonds is 7. The monoisotopic (exact) mass is 490 g/mol. The molecule has 0 saturated carbocycles. The van der Waals surface area contributed by atoms with Gasteiger partial charge in [-0.1, -0.05) is 11.6 Å². The van der Waals surface area contributed by atoms with Crippen LogP contribution in [-0.2, 0) is 13.6 Å². The summed E-state index contributed by atoms with van der Waals surface area (Å²) in [6.07, 6.45) is 1.75. The van der Waals surface area contributed by atoms with Crippen LogP contribution in [0.4, 0.5) is 0 Å². The molecule has 0 spiro atoms. The fourth-order valence-corrected chi connectivity index (χ4v) is 2.24. The second kappa shape index (κ2) is 11.7. The largest absolute Gasteiger partial charge is 0.357 e. The van der Waals surface area contributed by atoms with Crippen molar-refractivity contribution in [3.05, 3.63) is 52.8 Å². The summed E-state index contributed by atoms with van der Waals surface area (Å²) in [5.74, 6) is 0.569. The quantitative estimate of drug-likeness (QED) is 0.240. The lowest BCUT2D eigenvalue weighted by Crippen LogP contribution is -2.41. The van der Waals surface area contributed by atoms with Crippen LogP contribution < -0.4 is 16.0 Å². The predicted octanol–water partition coefficient (Wildman–Crippen LogP) is 2.18. The number of carbonyl (C=O) groups excluding carboxylic acids is 1. The normalized spacial score (nSPS) is 10.8. The minimum atomic E-state index is -0.129. The highest BCUT2D eigenvalue weighted by Gasteiger charge is 2.05. The zero-order valence-electron chi connectivity index (χ0n) is 14.8. The maximum Gasteiger partial charge on any atom is 0.251 e. The summed E-state index contributed by atoms with van der Waals surface area (Å²) in [5, 5.41) is 13.9. The van der Waals surface area contributed by atoms with E-state index in [1.165, 1.54) is 0 Å². The topological polar surface area (TPSA) is 83.3 Å². The molecule has 0 saturated heterocycles. The first-order valence-electron chi connectivity index (χ1n) is 8.13. The zero-order chi connectivity index (χ0) is 18.1. The third-order valence-electron chi connectivity index (χ3n) is 3.48. The lowest BCUT2D eigenvalue weighted by Gasteiger charge is -2.12. The van der Waals surface area contributed by atoms with Gasteiger partial charge in [0.15, 0.2) is 5.96 Å². The Morgan fingerprint density at radius 3 is 2.46 bits per heavy atom. The van der Waals surface area contributed by atoms with Crippen molar-refractivity contribution in [1.29, 1.82) is 0 Å². The maximum absolute atomic E-state index is 12.0. The molecule has 0 unspecified atom stereocenters. The number of nitrogens with one attached hydrogen (secondary N) is 3. The van der Waals surface area contributed by atoms with Crippen molar-refractivity contribution in [1.82, 2.24) is 25.7 Å². The van der Waals surface area contributed by atoms with E-state index < -0.39 is 0 Å². The van der Waals surface area contributed by atoms with E-state index in [-0.39, 0.29) is 29.9 Å². The number of carbonyl (C=O) groups is 1. The van der Waals surface area contributed by atoms with Crippen molar-refractivity contribution in [3.63, 3.8) is 0 Å². The highest BCUT2D eigenvalue weighted by atomic mass is 127. The Kier molecular flexibility index (Phi) is 10.0.